The third-order valence-electron chi connectivity index (χ3n) is 5.80. The SMILES string of the molecule is Cc1ncsc1CN1C[C@H]2CCC[C@@]2(c2nc(-c3cnccn3)no2)C1. The Labute approximate surface area is 155 Å². The molecule has 0 N–H and O–H groups in total. The van der Waals surface area contributed by atoms with Crippen molar-refractivity contribution in [2.24, 2.45) is 5.92 Å². The molecule has 134 valence electrons. The minimum atomic E-state index is -0.0218. The van der Waals surface area contributed by atoms with Crippen LogP contribution in [0.2, 0.25) is 0 Å². The molecule has 5 rings (SSSR count). The van der Waals surface area contributed by atoms with E-state index in [0.29, 0.717) is 17.4 Å². The van der Waals surface area contributed by atoms with Crippen LogP contribution in [0, 0.1) is 12.8 Å². The average Bonchev–Trinajstić information content (AvgIpc) is 3.40. The van der Waals surface area contributed by atoms with E-state index < -0.39 is 0 Å². The van der Waals surface area contributed by atoms with Gasteiger partial charge in [0.2, 0.25) is 11.7 Å². The van der Waals surface area contributed by atoms with Crippen molar-refractivity contribution in [3.05, 3.63) is 40.6 Å². The van der Waals surface area contributed by atoms with E-state index in [2.05, 4.69) is 31.9 Å². The minimum Gasteiger partial charge on any atom is -0.338 e. The summed E-state index contributed by atoms with van der Waals surface area (Å²) in [5.74, 6) is 1.87. The number of fused-ring (bicyclic) bond motifs is 1. The van der Waals surface area contributed by atoms with Gasteiger partial charge in [-0.3, -0.25) is 9.88 Å². The highest BCUT2D eigenvalue weighted by Gasteiger charge is 2.54. The van der Waals surface area contributed by atoms with Crippen LogP contribution in [0.4, 0.5) is 0 Å². The van der Waals surface area contributed by atoms with Gasteiger partial charge < -0.3 is 4.52 Å². The lowest BCUT2D eigenvalue weighted by molar-refractivity contribution is 0.245. The summed E-state index contributed by atoms with van der Waals surface area (Å²) in [5.41, 5.74) is 3.71. The molecule has 8 heteroatoms. The van der Waals surface area contributed by atoms with Crippen LogP contribution in [0.1, 0.15) is 35.7 Å². The van der Waals surface area contributed by atoms with Crippen LogP contribution < -0.4 is 0 Å². The normalized spacial score (nSPS) is 25.7. The highest BCUT2D eigenvalue weighted by Crippen LogP contribution is 2.50. The minimum absolute atomic E-state index is 0.0218. The van der Waals surface area contributed by atoms with Gasteiger partial charge in [0.25, 0.3) is 0 Å². The molecule has 2 aliphatic rings. The van der Waals surface area contributed by atoms with E-state index in [1.54, 1.807) is 29.9 Å². The molecule has 0 unspecified atom stereocenters. The van der Waals surface area contributed by atoms with Gasteiger partial charge in [-0.1, -0.05) is 11.6 Å². The van der Waals surface area contributed by atoms with Gasteiger partial charge in [0.05, 0.1) is 22.8 Å². The number of aromatic nitrogens is 5. The van der Waals surface area contributed by atoms with Crippen molar-refractivity contribution >= 4 is 11.3 Å². The zero-order valence-electron chi connectivity index (χ0n) is 14.6. The molecule has 1 saturated heterocycles. The molecule has 3 aromatic heterocycles. The first-order chi connectivity index (χ1) is 12.7. The molecule has 1 saturated carbocycles. The van der Waals surface area contributed by atoms with Crippen molar-refractivity contribution in [2.45, 2.75) is 38.1 Å². The molecule has 1 aliphatic carbocycles. The van der Waals surface area contributed by atoms with Crippen LogP contribution >= 0.6 is 11.3 Å². The highest BCUT2D eigenvalue weighted by molar-refractivity contribution is 7.09. The Bertz CT molecular complexity index is 909. The maximum atomic E-state index is 5.75. The second-order valence-corrected chi connectivity index (χ2v) is 8.23. The first kappa shape index (κ1) is 16.0. The molecule has 0 spiro atoms. The van der Waals surface area contributed by atoms with Crippen LogP contribution in [0.15, 0.2) is 28.6 Å². The predicted molar refractivity (Wildman–Crippen MR) is 96.5 cm³/mol. The Morgan fingerprint density at radius 1 is 1.35 bits per heavy atom. The number of hydrogen-bond donors (Lipinski definition) is 0. The maximum absolute atomic E-state index is 5.75. The van der Waals surface area contributed by atoms with Gasteiger partial charge in [0.1, 0.15) is 5.69 Å². The lowest BCUT2D eigenvalue weighted by atomic mass is 9.80. The second kappa shape index (κ2) is 6.21. The van der Waals surface area contributed by atoms with E-state index in [9.17, 15) is 0 Å². The largest absolute Gasteiger partial charge is 0.338 e. The van der Waals surface area contributed by atoms with Crippen LogP contribution in [-0.4, -0.2) is 43.1 Å². The summed E-state index contributed by atoms with van der Waals surface area (Å²) in [7, 11) is 0. The van der Waals surface area contributed by atoms with Crippen molar-refractivity contribution in [3.8, 4) is 11.5 Å². The standard InChI is InChI=1S/C18H20N6OS/c1-12-15(26-11-21-12)9-24-8-13-3-2-4-18(13,10-24)17-22-16(23-25-17)14-7-19-5-6-20-14/h5-7,11,13H,2-4,8-10H2,1H3/t13-,18-/m1/s1. The van der Waals surface area contributed by atoms with Gasteiger partial charge in [0.15, 0.2) is 0 Å². The molecular formula is C18H20N6OS. The van der Waals surface area contributed by atoms with E-state index in [4.69, 9.17) is 9.51 Å². The average molecular weight is 368 g/mol. The third-order valence-corrected chi connectivity index (χ3v) is 6.72. The number of rotatable bonds is 4. The molecule has 26 heavy (non-hydrogen) atoms. The molecule has 1 aliphatic heterocycles. The molecule has 0 aromatic carbocycles. The summed E-state index contributed by atoms with van der Waals surface area (Å²) in [6, 6.07) is 0. The smallest absolute Gasteiger partial charge is 0.234 e. The molecule has 0 bridgehead atoms. The Kier molecular flexibility index (Phi) is 3.82. The second-order valence-electron chi connectivity index (χ2n) is 7.29. The van der Waals surface area contributed by atoms with Gasteiger partial charge >= 0.3 is 0 Å². The van der Waals surface area contributed by atoms with Gasteiger partial charge in [-0.25, -0.2) is 9.97 Å². The summed E-state index contributed by atoms with van der Waals surface area (Å²) in [4.78, 5) is 21.4. The van der Waals surface area contributed by atoms with E-state index in [-0.39, 0.29) is 5.41 Å². The van der Waals surface area contributed by atoms with Gasteiger partial charge in [0, 0.05) is 36.9 Å². The van der Waals surface area contributed by atoms with Crippen LogP contribution in [0.25, 0.3) is 11.5 Å². The number of hydrogen-bond acceptors (Lipinski definition) is 8. The molecular weight excluding hydrogens is 348 g/mol. The maximum Gasteiger partial charge on any atom is 0.234 e. The summed E-state index contributed by atoms with van der Waals surface area (Å²) in [6.07, 6.45) is 8.52. The topological polar surface area (TPSA) is 80.8 Å². The fourth-order valence-electron chi connectivity index (χ4n) is 4.49. The van der Waals surface area contributed by atoms with Crippen molar-refractivity contribution in [1.82, 2.24) is 30.0 Å². The number of aryl methyl sites for hydroxylation is 1. The first-order valence-corrected chi connectivity index (χ1v) is 9.84. The molecule has 7 nitrogen and oxygen atoms in total. The molecule has 2 atom stereocenters. The zero-order valence-corrected chi connectivity index (χ0v) is 15.4. The molecule has 0 amide bonds. The number of likely N-dealkylation sites (tertiary alicyclic amines) is 1. The number of nitrogens with zero attached hydrogens (tertiary/aromatic N) is 6. The lowest BCUT2D eigenvalue weighted by Crippen LogP contribution is -2.32. The third kappa shape index (κ3) is 2.55. The van der Waals surface area contributed by atoms with Crippen molar-refractivity contribution in [3.63, 3.8) is 0 Å². The first-order valence-electron chi connectivity index (χ1n) is 8.96. The Morgan fingerprint density at radius 3 is 3.12 bits per heavy atom. The number of thiazole rings is 1. The summed E-state index contributed by atoms with van der Waals surface area (Å²) >= 11 is 1.74. The Morgan fingerprint density at radius 2 is 2.31 bits per heavy atom. The summed E-state index contributed by atoms with van der Waals surface area (Å²) in [5, 5.41) is 4.19. The Hall–Kier alpha value is -2.19. The van der Waals surface area contributed by atoms with Gasteiger partial charge in [-0.2, -0.15) is 4.98 Å². The quantitative estimate of drug-likeness (QED) is 0.700. The van der Waals surface area contributed by atoms with Crippen molar-refractivity contribution in [2.75, 3.05) is 13.1 Å². The zero-order chi connectivity index (χ0) is 17.6. The van der Waals surface area contributed by atoms with Crippen molar-refractivity contribution in [1.29, 1.82) is 0 Å². The molecule has 2 fully saturated rings. The fraction of sp³-hybridized carbons (Fsp3) is 0.500. The summed E-state index contributed by atoms with van der Waals surface area (Å²) in [6.45, 7) is 5.10. The van der Waals surface area contributed by atoms with E-state index in [1.807, 2.05) is 5.51 Å². The highest BCUT2D eigenvalue weighted by atomic mass is 32.1. The van der Waals surface area contributed by atoms with Crippen LogP contribution in [-0.2, 0) is 12.0 Å². The van der Waals surface area contributed by atoms with Crippen LogP contribution in [0.3, 0.4) is 0 Å². The lowest BCUT2D eigenvalue weighted by Gasteiger charge is -2.24. The fourth-order valence-corrected chi connectivity index (χ4v) is 5.31. The van der Waals surface area contributed by atoms with Crippen molar-refractivity contribution < 1.29 is 4.52 Å². The van der Waals surface area contributed by atoms with E-state index in [0.717, 1.165) is 37.6 Å². The molecule has 4 heterocycles. The van der Waals surface area contributed by atoms with E-state index >= 15 is 0 Å². The van der Waals surface area contributed by atoms with Gasteiger partial charge in [-0.05, 0) is 25.7 Å². The van der Waals surface area contributed by atoms with Gasteiger partial charge in [-0.15, -0.1) is 11.3 Å². The molecule has 3 aromatic rings. The van der Waals surface area contributed by atoms with Crippen LogP contribution in [0.5, 0.6) is 0 Å². The predicted octanol–water partition coefficient (Wildman–Crippen LogP) is 2.85. The Balaban J connectivity index is 1.42. The van der Waals surface area contributed by atoms with E-state index in [1.165, 1.54) is 17.7 Å². The summed E-state index contributed by atoms with van der Waals surface area (Å²) < 4.78 is 5.75. The molecule has 0 radical (unpaired) electrons. The monoisotopic (exact) mass is 368 g/mol.